The molecule has 2 N–H and O–H groups in total. The van der Waals surface area contributed by atoms with Crippen molar-refractivity contribution in [2.45, 2.75) is 57.4 Å². The monoisotopic (exact) mass is 494 g/mol. The van der Waals surface area contributed by atoms with E-state index in [9.17, 15) is 0 Å². The number of rotatable bonds is 9. The first-order chi connectivity index (χ1) is 12.2. The van der Waals surface area contributed by atoms with E-state index in [1.54, 1.807) is 6.26 Å². The molecule has 1 fully saturated rings. The lowest BCUT2D eigenvalue weighted by molar-refractivity contribution is 0.198. The van der Waals surface area contributed by atoms with Gasteiger partial charge in [0, 0.05) is 17.8 Å². The van der Waals surface area contributed by atoms with Crippen molar-refractivity contribution in [2.75, 3.05) is 32.4 Å². The molecule has 1 aromatic rings. The number of likely N-dealkylation sites (N-methyl/N-ethyl adjacent to an activating group) is 1. The molecule has 0 amide bonds. The molecule has 1 aliphatic rings. The normalized spacial score (nSPS) is 21.5. The van der Waals surface area contributed by atoms with Crippen molar-refractivity contribution >= 4 is 41.7 Å². The van der Waals surface area contributed by atoms with Gasteiger partial charge in [0.15, 0.2) is 5.96 Å². The second-order valence-electron chi connectivity index (χ2n) is 6.48. The summed E-state index contributed by atoms with van der Waals surface area (Å²) in [6.07, 6.45) is 7.72. The Morgan fingerprint density at radius 2 is 2.12 bits per heavy atom. The summed E-state index contributed by atoms with van der Waals surface area (Å²) in [5.74, 6) is 1.92. The van der Waals surface area contributed by atoms with Gasteiger partial charge in [-0.2, -0.15) is 11.8 Å². The highest BCUT2D eigenvalue weighted by Gasteiger charge is 2.25. The number of halogens is 1. The predicted molar refractivity (Wildman–Crippen MR) is 124 cm³/mol. The van der Waals surface area contributed by atoms with Crippen LogP contribution in [-0.2, 0) is 0 Å². The van der Waals surface area contributed by atoms with Gasteiger partial charge in [0.1, 0.15) is 5.76 Å². The number of hydrogen-bond donors (Lipinski definition) is 2. The molecule has 0 radical (unpaired) electrons. The number of hydrogen-bond acceptors (Lipinski definition) is 4. The van der Waals surface area contributed by atoms with Crippen LogP contribution in [0.15, 0.2) is 27.8 Å². The predicted octanol–water partition coefficient (Wildman–Crippen LogP) is 4.12. The maximum Gasteiger partial charge on any atom is 0.191 e. The average Bonchev–Trinajstić information content (AvgIpc) is 3.30. The summed E-state index contributed by atoms with van der Waals surface area (Å²) in [7, 11) is 0. The summed E-state index contributed by atoms with van der Waals surface area (Å²) in [4.78, 5) is 7.28. The SMILES string of the molecule is CCNC(=NCC(c1ccco1)N(CC)CC)NC1CCC(SC)C1.I. The molecule has 0 bridgehead atoms. The molecule has 0 saturated heterocycles. The van der Waals surface area contributed by atoms with E-state index in [1.807, 2.05) is 17.8 Å². The van der Waals surface area contributed by atoms with E-state index in [0.717, 1.165) is 36.6 Å². The third-order valence-electron chi connectivity index (χ3n) is 4.95. The van der Waals surface area contributed by atoms with Gasteiger partial charge in [0.05, 0.1) is 18.8 Å². The standard InChI is InChI=1S/C19H34N4OS.HI/c1-5-20-19(22-15-10-11-16(13-15)25-4)21-14-17(23(6-2)7-3)18-9-8-12-24-18;/h8-9,12,15-17H,5-7,10-11,13-14H2,1-4H3,(H2,20,21,22);1H. The first kappa shape index (κ1) is 23.6. The van der Waals surface area contributed by atoms with Crippen molar-refractivity contribution in [1.82, 2.24) is 15.5 Å². The Morgan fingerprint density at radius 3 is 2.65 bits per heavy atom. The molecule has 1 aliphatic carbocycles. The van der Waals surface area contributed by atoms with Crippen LogP contribution in [0.25, 0.3) is 0 Å². The maximum atomic E-state index is 5.68. The molecular weight excluding hydrogens is 459 g/mol. The molecule has 7 heteroatoms. The Morgan fingerprint density at radius 1 is 1.35 bits per heavy atom. The van der Waals surface area contributed by atoms with Gasteiger partial charge in [-0.05, 0) is 57.7 Å². The molecule has 1 aromatic heterocycles. The minimum absolute atomic E-state index is 0. The molecule has 1 heterocycles. The molecule has 0 spiro atoms. The van der Waals surface area contributed by atoms with Crippen LogP contribution in [0.3, 0.4) is 0 Å². The maximum absolute atomic E-state index is 5.68. The number of nitrogens with zero attached hydrogens (tertiary/aromatic N) is 2. The summed E-state index contributed by atoms with van der Waals surface area (Å²) in [5, 5.41) is 7.82. The van der Waals surface area contributed by atoms with Crippen molar-refractivity contribution in [3.8, 4) is 0 Å². The van der Waals surface area contributed by atoms with Crippen LogP contribution in [0.1, 0.15) is 51.8 Å². The van der Waals surface area contributed by atoms with Crippen molar-refractivity contribution in [2.24, 2.45) is 4.99 Å². The summed E-state index contributed by atoms with van der Waals surface area (Å²) < 4.78 is 5.68. The smallest absolute Gasteiger partial charge is 0.191 e. The Bertz CT molecular complexity index is 508. The van der Waals surface area contributed by atoms with E-state index in [1.165, 1.54) is 19.3 Å². The van der Waals surface area contributed by atoms with E-state index >= 15 is 0 Å². The Kier molecular flexibility index (Phi) is 11.7. The first-order valence-electron chi connectivity index (χ1n) is 9.56. The number of nitrogens with one attached hydrogen (secondary N) is 2. The van der Waals surface area contributed by atoms with Gasteiger partial charge >= 0.3 is 0 Å². The van der Waals surface area contributed by atoms with Crippen molar-refractivity contribution in [3.05, 3.63) is 24.2 Å². The van der Waals surface area contributed by atoms with Crippen LogP contribution < -0.4 is 10.6 Å². The third-order valence-corrected chi connectivity index (χ3v) is 6.04. The minimum atomic E-state index is 0. The van der Waals surface area contributed by atoms with Crippen LogP contribution in [0.4, 0.5) is 0 Å². The molecule has 0 aromatic carbocycles. The second-order valence-corrected chi connectivity index (χ2v) is 7.62. The molecule has 0 aliphatic heterocycles. The lowest BCUT2D eigenvalue weighted by Crippen LogP contribution is -2.43. The van der Waals surface area contributed by atoms with Crippen LogP contribution in [-0.4, -0.2) is 54.6 Å². The fourth-order valence-corrected chi connectivity index (χ4v) is 4.30. The number of thioether (sulfide) groups is 1. The van der Waals surface area contributed by atoms with Crippen LogP contribution in [0.2, 0.25) is 0 Å². The minimum Gasteiger partial charge on any atom is -0.468 e. The van der Waals surface area contributed by atoms with Crippen LogP contribution in [0.5, 0.6) is 0 Å². The molecule has 5 nitrogen and oxygen atoms in total. The van der Waals surface area contributed by atoms with E-state index in [-0.39, 0.29) is 30.0 Å². The molecule has 3 unspecified atom stereocenters. The molecular formula is C19H35IN4OS. The molecule has 26 heavy (non-hydrogen) atoms. The van der Waals surface area contributed by atoms with Crippen molar-refractivity contribution in [3.63, 3.8) is 0 Å². The van der Waals surface area contributed by atoms with E-state index in [0.29, 0.717) is 12.6 Å². The molecule has 150 valence electrons. The van der Waals surface area contributed by atoms with Gasteiger partial charge < -0.3 is 15.1 Å². The highest BCUT2D eigenvalue weighted by molar-refractivity contribution is 14.0. The largest absolute Gasteiger partial charge is 0.468 e. The number of guanidine groups is 1. The average molecular weight is 494 g/mol. The fourth-order valence-electron chi connectivity index (χ4n) is 3.51. The highest BCUT2D eigenvalue weighted by atomic mass is 127. The number of furan rings is 1. The summed E-state index contributed by atoms with van der Waals surface area (Å²) >= 11 is 1.98. The summed E-state index contributed by atoms with van der Waals surface area (Å²) in [6.45, 7) is 10.0. The van der Waals surface area contributed by atoms with E-state index in [2.05, 4.69) is 48.6 Å². The molecule has 2 rings (SSSR count). The van der Waals surface area contributed by atoms with Gasteiger partial charge in [-0.25, -0.2) is 0 Å². The quantitative estimate of drug-likeness (QED) is 0.307. The van der Waals surface area contributed by atoms with Gasteiger partial charge in [0.2, 0.25) is 0 Å². The van der Waals surface area contributed by atoms with Crippen LogP contribution >= 0.6 is 35.7 Å². The van der Waals surface area contributed by atoms with E-state index < -0.39 is 0 Å². The Balaban J connectivity index is 0.00000338. The zero-order valence-electron chi connectivity index (χ0n) is 16.5. The third kappa shape index (κ3) is 6.96. The van der Waals surface area contributed by atoms with Gasteiger partial charge in [-0.3, -0.25) is 9.89 Å². The van der Waals surface area contributed by atoms with Crippen molar-refractivity contribution in [1.29, 1.82) is 0 Å². The van der Waals surface area contributed by atoms with Gasteiger partial charge in [-0.1, -0.05) is 13.8 Å². The topological polar surface area (TPSA) is 52.8 Å². The summed E-state index contributed by atoms with van der Waals surface area (Å²) in [5.41, 5.74) is 0. The second kappa shape index (κ2) is 12.9. The lowest BCUT2D eigenvalue weighted by Gasteiger charge is -2.27. The van der Waals surface area contributed by atoms with Crippen LogP contribution in [0, 0.1) is 0 Å². The Labute approximate surface area is 180 Å². The highest BCUT2D eigenvalue weighted by Crippen LogP contribution is 2.28. The first-order valence-corrected chi connectivity index (χ1v) is 10.9. The molecule has 1 saturated carbocycles. The fraction of sp³-hybridized carbons (Fsp3) is 0.737. The Hall–Kier alpha value is -0.410. The summed E-state index contributed by atoms with van der Waals surface area (Å²) in [6, 6.07) is 4.73. The lowest BCUT2D eigenvalue weighted by atomic mass is 10.2. The number of aliphatic imine (C=N–C) groups is 1. The zero-order chi connectivity index (χ0) is 18.1. The van der Waals surface area contributed by atoms with E-state index in [4.69, 9.17) is 9.41 Å². The van der Waals surface area contributed by atoms with Crippen molar-refractivity contribution < 1.29 is 4.42 Å². The molecule has 3 atom stereocenters. The van der Waals surface area contributed by atoms with Gasteiger partial charge in [-0.15, -0.1) is 24.0 Å². The zero-order valence-corrected chi connectivity index (χ0v) is 19.7. The van der Waals surface area contributed by atoms with Gasteiger partial charge in [0.25, 0.3) is 0 Å².